The van der Waals surface area contributed by atoms with Gasteiger partial charge in [-0.25, -0.2) is 0 Å². The molecule has 19 heavy (non-hydrogen) atoms. The summed E-state index contributed by atoms with van der Waals surface area (Å²) in [5.41, 5.74) is 0. The Labute approximate surface area is 140 Å². The first kappa shape index (κ1) is 13.8. The molecule has 3 saturated carbocycles. The van der Waals surface area contributed by atoms with Crippen LogP contribution in [0.15, 0.2) is 10.1 Å². The number of allylic oxidation sites excluding steroid dienone is 2. The summed E-state index contributed by atoms with van der Waals surface area (Å²) in [6, 6.07) is 0. The second-order valence-corrected chi connectivity index (χ2v) is 9.23. The number of carbonyl (C=O) groups excluding carboxylic acids is 1. The van der Waals surface area contributed by atoms with E-state index in [1.54, 1.807) is 0 Å². The van der Waals surface area contributed by atoms with E-state index in [4.69, 9.17) is 69.6 Å². The summed E-state index contributed by atoms with van der Waals surface area (Å²) in [5.74, 6) is -0.0920. The van der Waals surface area contributed by atoms with E-state index in [0.29, 0.717) is 6.42 Å². The maximum absolute atomic E-state index is 12.0. The Morgan fingerprint density at radius 1 is 0.947 bits per heavy atom. The molecule has 4 aliphatic carbocycles. The number of fused-ring (bicyclic) bond motifs is 9. The maximum atomic E-state index is 12.0. The molecule has 0 aliphatic heterocycles. The predicted octanol–water partition coefficient (Wildman–Crippen LogP) is 4.67. The number of halogens is 6. The van der Waals surface area contributed by atoms with E-state index in [-0.39, 0.29) is 39.5 Å². The fraction of sp³-hybridized carbons (Fsp3) is 0.750. The van der Waals surface area contributed by atoms with Gasteiger partial charge in [-0.05, 0) is 18.3 Å². The van der Waals surface area contributed by atoms with E-state index >= 15 is 0 Å². The molecule has 4 aliphatic rings. The molecule has 0 aromatic carbocycles. The minimum absolute atomic E-state index is 0.0839. The van der Waals surface area contributed by atoms with Crippen molar-refractivity contribution in [3.63, 3.8) is 0 Å². The van der Waals surface area contributed by atoms with Crippen LogP contribution in [-0.4, -0.2) is 19.9 Å². The summed E-state index contributed by atoms with van der Waals surface area (Å²) in [6.45, 7) is 0. The molecule has 4 rings (SSSR count). The molecule has 3 fully saturated rings. The smallest absolute Gasteiger partial charge is 0.166 e. The van der Waals surface area contributed by atoms with Crippen molar-refractivity contribution >= 4 is 75.4 Å². The minimum Gasteiger partial charge on any atom is -0.299 e. The second-order valence-electron chi connectivity index (χ2n) is 5.95. The Kier molecular flexibility index (Phi) is 2.58. The van der Waals surface area contributed by atoms with Gasteiger partial charge in [-0.3, -0.25) is 4.79 Å². The van der Waals surface area contributed by atoms with Crippen LogP contribution in [0.4, 0.5) is 0 Å². The van der Waals surface area contributed by atoms with Gasteiger partial charge in [0.15, 0.2) is 4.33 Å². The molecule has 0 radical (unpaired) electrons. The van der Waals surface area contributed by atoms with Crippen LogP contribution >= 0.6 is 69.6 Å². The number of alkyl halides is 4. The number of Topliss-reactive ketones (excluding diaryl/α,β-unsaturated/α-hetero) is 1. The highest BCUT2D eigenvalue weighted by Gasteiger charge is 2.86. The van der Waals surface area contributed by atoms with Crippen molar-refractivity contribution in [2.75, 3.05) is 0 Å². The van der Waals surface area contributed by atoms with Crippen LogP contribution in [0.2, 0.25) is 0 Å². The lowest BCUT2D eigenvalue weighted by Gasteiger charge is -2.38. The van der Waals surface area contributed by atoms with Gasteiger partial charge in [0.2, 0.25) is 0 Å². The maximum Gasteiger partial charge on any atom is 0.166 e. The third kappa shape index (κ3) is 1.11. The van der Waals surface area contributed by atoms with Gasteiger partial charge < -0.3 is 0 Å². The van der Waals surface area contributed by atoms with E-state index in [1.807, 2.05) is 0 Å². The summed E-state index contributed by atoms with van der Waals surface area (Å²) in [6.07, 6.45) is 1.30. The Morgan fingerprint density at radius 2 is 1.47 bits per heavy atom. The minimum atomic E-state index is -1.49. The number of ketones is 1. The molecule has 0 amide bonds. The fourth-order valence-corrected chi connectivity index (χ4v) is 7.93. The predicted molar refractivity (Wildman–Crippen MR) is 78.5 cm³/mol. The second kappa shape index (κ2) is 3.55. The molecule has 1 nitrogen and oxygen atoms in total. The normalized spacial score (nSPS) is 57.3. The van der Waals surface area contributed by atoms with Gasteiger partial charge in [0.05, 0.1) is 10.1 Å². The average molecular weight is 381 g/mol. The standard InChI is InChI=1S/C12H8Cl6O/c13-8-9(14)11(16)7-4-1-3(2-5(4)19)6(7)10(8,15)12(11,17)18/h3-4,6-7H,1-2H2/t3-,4-,6+,7+,10-,11-/m0/s1. The molecule has 0 saturated heterocycles. The Balaban J connectivity index is 2.01. The molecule has 4 bridgehead atoms. The van der Waals surface area contributed by atoms with Crippen molar-refractivity contribution in [3.8, 4) is 0 Å². The zero-order valence-electron chi connectivity index (χ0n) is 9.40. The molecular formula is C12H8Cl6O. The van der Waals surface area contributed by atoms with Gasteiger partial charge in [-0.15, -0.1) is 23.2 Å². The van der Waals surface area contributed by atoms with Gasteiger partial charge in [0.1, 0.15) is 15.5 Å². The lowest BCUT2D eigenvalue weighted by atomic mass is 9.72. The van der Waals surface area contributed by atoms with Crippen LogP contribution in [0.5, 0.6) is 0 Å². The lowest BCUT2D eigenvalue weighted by Crippen LogP contribution is -2.46. The van der Waals surface area contributed by atoms with Gasteiger partial charge in [0, 0.05) is 18.3 Å². The monoisotopic (exact) mass is 378 g/mol. The van der Waals surface area contributed by atoms with Crippen molar-refractivity contribution in [3.05, 3.63) is 10.1 Å². The zero-order valence-corrected chi connectivity index (χ0v) is 13.9. The summed E-state index contributed by atoms with van der Waals surface area (Å²) >= 11 is 39.0. The molecule has 0 heterocycles. The summed E-state index contributed by atoms with van der Waals surface area (Å²) in [7, 11) is 0. The van der Waals surface area contributed by atoms with E-state index in [2.05, 4.69) is 0 Å². The molecule has 6 atom stereocenters. The topological polar surface area (TPSA) is 17.1 Å². The highest BCUT2D eigenvalue weighted by Crippen LogP contribution is 2.82. The summed E-state index contributed by atoms with van der Waals surface area (Å²) in [4.78, 5) is 9.59. The van der Waals surface area contributed by atoms with E-state index in [9.17, 15) is 4.79 Å². The number of rotatable bonds is 0. The molecule has 104 valence electrons. The van der Waals surface area contributed by atoms with Crippen LogP contribution in [0, 0.1) is 23.7 Å². The Hall–Kier alpha value is 1.15. The molecule has 7 heteroatoms. The third-order valence-electron chi connectivity index (χ3n) is 5.43. The highest BCUT2D eigenvalue weighted by molar-refractivity contribution is 6.65. The first-order valence-corrected chi connectivity index (χ1v) is 8.30. The zero-order chi connectivity index (χ0) is 14.0. The third-order valence-corrected chi connectivity index (χ3v) is 9.72. The van der Waals surface area contributed by atoms with Crippen molar-refractivity contribution in [1.82, 2.24) is 0 Å². The molecule has 0 aromatic rings. The van der Waals surface area contributed by atoms with Gasteiger partial charge in [0.25, 0.3) is 0 Å². The molecule has 0 aromatic heterocycles. The van der Waals surface area contributed by atoms with E-state index in [1.165, 1.54) is 0 Å². The van der Waals surface area contributed by atoms with Crippen molar-refractivity contribution in [2.45, 2.75) is 26.9 Å². The van der Waals surface area contributed by atoms with Crippen molar-refractivity contribution in [1.29, 1.82) is 0 Å². The largest absolute Gasteiger partial charge is 0.299 e. The first-order chi connectivity index (χ1) is 8.69. The van der Waals surface area contributed by atoms with E-state index < -0.39 is 14.1 Å². The quantitative estimate of drug-likeness (QED) is 0.440. The SMILES string of the molecule is O=C1C[C@@H]2C[C@@H]1[C@@H]1[C@@H]2[C@]2(Cl)C(Cl)=C(Cl)[C@]1(Cl)C2(Cl)Cl. The van der Waals surface area contributed by atoms with Gasteiger partial charge in [-0.2, -0.15) is 0 Å². The summed E-state index contributed by atoms with van der Waals surface area (Å²) < 4.78 is -1.49. The Bertz CT molecular complexity index is 556. The number of hydrogen-bond donors (Lipinski definition) is 0. The lowest BCUT2D eigenvalue weighted by molar-refractivity contribution is -0.124. The number of hydrogen-bond acceptors (Lipinski definition) is 1. The number of carbonyl (C=O) groups is 1. The molecular weight excluding hydrogens is 373 g/mol. The Morgan fingerprint density at radius 3 is 2.05 bits per heavy atom. The van der Waals surface area contributed by atoms with Gasteiger partial charge >= 0.3 is 0 Å². The summed E-state index contributed by atoms with van der Waals surface area (Å²) in [5, 5.41) is 0.453. The van der Waals surface area contributed by atoms with Crippen LogP contribution in [0.1, 0.15) is 12.8 Å². The first-order valence-electron chi connectivity index (χ1n) is 6.03. The molecule has 0 unspecified atom stereocenters. The highest BCUT2D eigenvalue weighted by atomic mass is 35.5. The molecule has 0 spiro atoms. The van der Waals surface area contributed by atoms with Crippen molar-refractivity contribution in [2.24, 2.45) is 23.7 Å². The van der Waals surface area contributed by atoms with Crippen LogP contribution < -0.4 is 0 Å². The van der Waals surface area contributed by atoms with Gasteiger partial charge in [-0.1, -0.05) is 46.4 Å². The fourth-order valence-electron chi connectivity index (χ4n) is 4.78. The van der Waals surface area contributed by atoms with Crippen LogP contribution in [0.3, 0.4) is 0 Å². The average Bonchev–Trinajstić information content (AvgIpc) is 2.95. The van der Waals surface area contributed by atoms with Crippen molar-refractivity contribution < 1.29 is 4.79 Å². The molecule has 0 N–H and O–H groups in total. The van der Waals surface area contributed by atoms with Crippen LogP contribution in [-0.2, 0) is 4.79 Å². The van der Waals surface area contributed by atoms with Crippen LogP contribution in [0.25, 0.3) is 0 Å². The van der Waals surface area contributed by atoms with E-state index in [0.717, 1.165) is 6.42 Å².